The van der Waals surface area contributed by atoms with Gasteiger partial charge in [-0.2, -0.15) is 11.8 Å². The molecule has 1 unspecified atom stereocenters. The maximum atomic E-state index is 3.58. The lowest BCUT2D eigenvalue weighted by Crippen LogP contribution is -2.23. The molecule has 0 heterocycles. The summed E-state index contributed by atoms with van der Waals surface area (Å²) in [6.07, 6.45) is 1.26. The lowest BCUT2D eigenvalue weighted by molar-refractivity contribution is 0.605. The number of hydrogen-bond acceptors (Lipinski definition) is 2. The Kier molecular flexibility index (Phi) is 6.68. The highest BCUT2D eigenvalue weighted by Gasteiger charge is 2.10. The molecule has 1 N–H and O–H groups in total. The Labute approximate surface area is 110 Å². The minimum Gasteiger partial charge on any atom is -0.310 e. The van der Waals surface area contributed by atoms with Crippen LogP contribution in [0, 0.1) is 13.8 Å². The first kappa shape index (κ1) is 14.6. The molecule has 0 spiro atoms. The van der Waals surface area contributed by atoms with Crippen molar-refractivity contribution >= 4 is 11.8 Å². The molecule has 0 aliphatic heterocycles. The van der Waals surface area contributed by atoms with Gasteiger partial charge in [-0.25, -0.2) is 0 Å². The molecule has 0 saturated heterocycles. The van der Waals surface area contributed by atoms with Crippen LogP contribution in [0.25, 0.3) is 0 Å². The smallest absolute Gasteiger partial charge is 0.0411 e. The van der Waals surface area contributed by atoms with E-state index < -0.39 is 0 Å². The Hall–Kier alpha value is -0.470. The standard InChI is InChI=1S/C15H25NS/c1-5-9-17-11-15(16-6-2)14-8-7-12(3)13(4)10-14/h7-8,10,15-16H,5-6,9,11H2,1-4H3. The maximum Gasteiger partial charge on any atom is 0.0411 e. The molecule has 2 heteroatoms. The SMILES string of the molecule is CCCSCC(NCC)c1ccc(C)c(C)c1. The summed E-state index contributed by atoms with van der Waals surface area (Å²) in [7, 11) is 0. The second-order valence-corrected chi connectivity index (χ2v) is 5.68. The topological polar surface area (TPSA) is 12.0 Å². The molecule has 1 rings (SSSR count). The maximum absolute atomic E-state index is 3.58. The molecule has 0 saturated carbocycles. The van der Waals surface area contributed by atoms with Crippen LogP contribution in [0.4, 0.5) is 0 Å². The molecule has 0 amide bonds. The summed E-state index contributed by atoms with van der Waals surface area (Å²) in [5.74, 6) is 2.43. The van der Waals surface area contributed by atoms with Crippen LogP contribution >= 0.6 is 11.8 Å². The third-order valence-corrected chi connectivity index (χ3v) is 4.28. The first-order valence-corrected chi connectivity index (χ1v) is 7.72. The van der Waals surface area contributed by atoms with E-state index in [9.17, 15) is 0 Å². The first-order chi connectivity index (χ1) is 8.19. The van der Waals surface area contributed by atoms with Gasteiger partial charge in [-0.15, -0.1) is 0 Å². The summed E-state index contributed by atoms with van der Waals surface area (Å²) in [5.41, 5.74) is 4.20. The van der Waals surface area contributed by atoms with Crippen LogP contribution in [-0.4, -0.2) is 18.1 Å². The van der Waals surface area contributed by atoms with Crippen LogP contribution in [0.1, 0.15) is 43.0 Å². The first-order valence-electron chi connectivity index (χ1n) is 6.57. The second-order valence-electron chi connectivity index (χ2n) is 4.53. The van der Waals surface area contributed by atoms with Crippen LogP contribution in [0.3, 0.4) is 0 Å². The fourth-order valence-corrected chi connectivity index (χ4v) is 2.85. The average Bonchev–Trinajstić information content (AvgIpc) is 2.32. The fraction of sp³-hybridized carbons (Fsp3) is 0.600. The third-order valence-electron chi connectivity index (χ3n) is 3.02. The van der Waals surface area contributed by atoms with Gasteiger partial charge in [0.2, 0.25) is 0 Å². The Morgan fingerprint density at radius 3 is 2.53 bits per heavy atom. The molecule has 17 heavy (non-hydrogen) atoms. The summed E-state index contributed by atoms with van der Waals surface area (Å²) >= 11 is 2.04. The zero-order valence-corrected chi connectivity index (χ0v) is 12.4. The van der Waals surface area contributed by atoms with E-state index in [4.69, 9.17) is 0 Å². The van der Waals surface area contributed by atoms with Gasteiger partial charge in [-0.1, -0.05) is 32.0 Å². The van der Waals surface area contributed by atoms with E-state index in [1.807, 2.05) is 11.8 Å². The van der Waals surface area contributed by atoms with Gasteiger partial charge < -0.3 is 5.32 Å². The molecule has 1 atom stereocenters. The van der Waals surface area contributed by atoms with Crippen molar-refractivity contribution in [3.8, 4) is 0 Å². The molecule has 0 aliphatic rings. The fourth-order valence-electron chi connectivity index (χ4n) is 1.85. The molecule has 96 valence electrons. The van der Waals surface area contributed by atoms with E-state index in [-0.39, 0.29) is 0 Å². The van der Waals surface area contributed by atoms with E-state index in [1.165, 1.54) is 34.6 Å². The normalized spacial score (nSPS) is 12.7. The predicted octanol–water partition coefficient (Wildman–Crippen LogP) is 4.10. The Morgan fingerprint density at radius 2 is 1.94 bits per heavy atom. The van der Waals surface area contributed by atoms with Gasteiger partial charge in [0.15, 0.2) is 0 Å². The minimum absolute atomic E-state index is 0.496. The van der Waals surface area contributed by atoms with E-state index in [0.717, 1.165) is 6.54 Å². The number of aryl methyl sites for hydroxylation is 2. The summed E-state index contributed by atoms with van der Waals surface area (Å²) in [4.78, 5) is 0. The van der Waals surface area contributed by atoms with Crippen molar-refractivity contribution in [1.82, 2.24) is 5.32 Å². The number of rotatable bonds is 7. The van der Waals surface area contributed by atoms with Crippen molar-refractivity contribution in [1.29, 1.82) is 0 Å². The summed E-state index contributed by atoms with van der Waals surface area (Å²) in [5, 5.41) is 3.58. The molecule has 1 aromatic carbocycles. The number of thioether (sulfide) groups is 1. The molecular formula is C15H25NS. The Morgan fingerprint density at radius 1 is 1.18 bits per heavy atom. The monoisotopic (exact) mass is 251 g/mol. The van der Waals surface area contributed by atoms with E-state index >= 15 is 0 Å². The van der Waals surface area contributed by atoms with Gasteiger partial charge in [0, 0.05) is 11.8 Å². The largest absolute Gasteiger partial charge is 0.310 e. The Bertz CT molecular complexity index is 336. The second kappa shape index (κ2) is 7.78. The third kappa shape index (κ3) is 4.72. The molecule has 1 nitrogen and oxygen atoms in total. The van der Waals surface area contributed by atoms with Crippen LogP contribution in [0.2, 0.25) is 0 Å². The molecule has 0 radical (unpaired) electrons. The molecule has 0 fully saturated rings. The highest BCUT2D eigenvalue weighted by atomic mass is 32.2. The van der Waals surface area contributed by atoms with Crippen molar-refractivity contribution in [2.24, 2.45) is 0 Å². The summed E-state index contributed by atoms with van der Waals surface area (Å²) in [6.45, 7) is 9.82. The molecule has 0 aromatic heterocycles. The minimum atomic E-state index is 0.496. The van der Waals surface area contributed by atoms with Crippen molar-refractivity contribution in [2.45, 2.75) is 40.2 Å². The highest BCUT2D eigenvalue weighted by molar-refractivity contribution is 7.99. The van der Waals surface area contributed by atoms with Gasteiger partial charge in [0.1, 0.15) is 0 Å². The van der Waals surface area contributed by atoms with Crippen LogP contribution < -0.4 is 5.32 Å². The lowest BCUT2D eigenvalue weighted by Gasteiger charge is -2.19. The van der Waals surface area contributed by atoms with E-state index in [2.05, 4.69) is 51.2 Å². The quantitative estimate of drug-likeness (QED) is 0.732. The lowest BCUT2D eigenvalue weighted by atomic mass is 10.0. The summed E-state index contributed by atoms with van der Waals surface area (Å²) in [6, 6.07) is 7.33. The van der Waals surface area contributed by atoms with Gasteiger partial charge >= 0.3 is 0 Å². The van der Waals surface area contributed by atoms with Crippen molar-refractivity contribution < 1.29 is 0 Å². The van der Waals surface area contributed by atoms with Crippen LogP contribution in [-0.2, 0) is 0 Å². The summed E-state index contributed by atoms with van der Waals surface area (Å²) < 4.78 is 0. The van der Waals surface area contributed by atoms with Gasteiger partial charge in [0.25, 0.3) is 0 Å². The van der Waals surface area contributed by atoms with E-state index in [1.54, 1.807) is 0 Å². The van der Waals surface area contributed by atoms with Gasteiger partial charge in [0.05, 0.1) is 0 Å². The predicted molar refractivity (Wildman–Crippen MR) is 79.9 cm³/mol. The van der Waals surface area contributed by atoms with Crippen LogP contribution in [0.15, 0.2) is 18.2 Å². The Balaban J connectivity index is 2.70. The van der Waals surface area contributed by atoms with Crippen molar-refractivity contribution in [3.63, 3.8) is 0 Å². The van der Waals surface area contributed by atoms with Gasteiger partial charge in [-0.3, -0.25) is 0 Å². The average molecular weight is 251 g/mol. The zero-order valence-electron chi connectivity index (χ0n) is 11.5. The van der Waals surface area contributed by atoms with Crippen molar-refractivity contribution in [2.75, 3.05) is 18.1 Å². The number of benzene rings is 1. The number of hydrogen-bond donors (Lipinski definition) is 1. The van der Waals surface area contributed by atoms with Gasteiger partial charge in [-0.05, 0) is 49.3 Å². The van der Waals surface area contributed by atoms with Crippen molar-refractivity contribution in [3.05, 3.63) is 34.9 Å². The number of nitrogens with one attached hydrogen (secondary N) is 1. The van der Waals surface area contributed by atoms with E-state index in [0.29, 0.717) is 6.04 Å². The molecular weight excluding hydrogens is 226 g/mol. The molecule has 1 aromatic rings. The molecule has 0 bridgehead atoms. The van der Waals surface area contributed by atoms with Crippen LogP contribution in [0.5, 0.6) is 0 Å². The zero-order chi connectivity index (χ0) is 12.7. The molecule has 0 aliphatic carbocycles. The highest BCUT2D eigenvalue weighted by Crippen LogP contribution is 2.21.